The van der Waals surface area contributed by atoms with E-state index in [0.29, 0.717) is 6.04 Å². The average Bonchev–Trinajstić information content (AvgIpc) is 3.34. The average molecular weight is 320 g/mol. The van der Waals surface area contributed by atoms with Gasteiger partial charge >= 0.3 is 0 Å². The number of para-hydroxylation sites is 1. The van der Waals surface area contributed by atoms with Crippen LogP contribution in [-0.2, 0) is 19.4 Å². The molecule has 2 aromatic heterocycles. The quantitative estimate of drug-likeness (QED) is 0.799. The predicted molar refractivity (Wildman–Crippen MR) is 96.1 cm³/mol. The van der Waals surface area contributed by atoms with Crippen LogP contribution in [0.5, 0.6) is 0 Å². The summed E-state index contributed by atoms with van der Waals surface area (Å²) < 4.78 is 2.49. The minimum Gasteiger partial charge on any atom is -0.361 e. The molecule has 0 spiro atoms. The molecule has 0 bridgehead atoms. The van der Waals surface area contributed by atoms with E-state index in [-0.39, 0.29) is 0 Å². The summed E-state index contributed by atoms with van der Waals surface area (Å²) in [6.45, 7) is 3.35. The van der Waals surface area contributed by atoms with E-state index in [9.17, 15) is 0 Å². The Morgan fingerprint density at radius 3 is 3.12 bits per heavy atom. The second-order valence-corrected chi connectivity index (χ2v) is 7.29. The highest BCUT2D eigenvalue weighted by molar-refractivity contribution is 5.82. The summed E-state index contributed by atoms with van der Waals surface area (Å²) in [5, 5.41) is 1.31. The molecule has 1 aromatic carbocycles. The molecule has 5 rings (SSSR count). The van der Waals surface area contributed by atoms with Gasteiger partial charge in [-0.3, -0.25) is 4.90 Å². The summed E-state index contributed by atoms with van der Waals surface area (Å²) in [4.78, 5) is 10.7. The van der Waals surface area contributed by atoms with Crippen molar-refractivity contribution >= 4 is 10.9 Å². The molecular formula is C20H24N4. The topological polar surface area (TPSA) is 36.9 Å². The van der Waals surface area contributed by atoms with Crippen LogP contribution in [0.2, 0.25) is 0 Å². The maximum atomic E-state index is 4.68. The van der Waals surface area contributed by atoms with Crippen molar-refractivity contribution < 1.29 is 0 Å². The number of benzene rings is 1. The van der Waals surface area contributed by atoms with Crippen LogP contribution in [-0.4, -0.2) is 32.5 Å². The van der Waals surface area contributed by atoms with Crippen molar-refractivity contribution in [3.63, 3.8) is 0 Å². The van der Waals surface area contributed by atoms with Gasteiger partial charge in [-0.25, -0.2) is 4.98 Å². The van der Waals surface area contributed by atoms with E-state index >= 15 is 0 Å². The molecule has 1 aliphatic carbocycles. The molecule has 4 heteroatoms. The lowest BCUT2D eigenvalue weighted by atomic mass is 10.0. The fourth-order valence-corrected chi connectivity index (χ4v) is 4.51. The fourth-order valence-electron chi connectivity index (χ4n) is 4.51. The van der Waals surface area contributed by atoms with Gasteiger partial charge in [0.05, 0.1) is 12.0 Å². The molecule has 1 atom stereocenters. The lowest BCUT2D eigenvalue weighted by Gasteiger charge is -2.20. The van der Waals surface area contributed by atoms with E-state index < -0.39 is 0 Å². The molecule has 0 radical (unpaired) electrons. The van der Waals surface area contributed by atoms with Gasteiger partial charge in [-0.15, -0.1) is 0 Å². The lowest BCUT2D eigenvalue weighted by Crippen LogP contribution is -2.22. The van der Waals surface area contributed by atoms with Crippen molar-refractivity contribution in [2.45, 2.75) is 44.7 Å². The second-order valence-electron chi connectivity index (χ2n) is 7.29. The van der Waals surface area contributed by atoms with Crippen LogP contribution in [0, 0.1) is 0 Å². The zero-order valence-corrected chi connectivity index (χ0v) is 14.0. The third-order valence-corrected chi connectivity index (χ3v) is 5.77. The Bertz CT molecular complexity index is 860. The van der Waals surface area contributed by atoms with Crippen LogP contribution in [0.15, 0.2) is 36.8 Å². The first-order valence-corrected chi connectivity index (χ1v) is 9.20. The van der Waals surface area contributed by atoms with Crippen molar-refractivity contribution in [2.75, 3.05) is 13.1 Å². The number of likely N-dealkylation sites (tertiary alicyclic amines) is 1. The Hall–Kier alpha value is -2.07. The van der Waals surface area contributed by atoms with E-state index in [4.69, 9.17) is 0 Å². The number of fused-ring (bicyclic) bond motifs is 2. The summed E-state index contributed by atoms with van der Waals surface area (Å²) in [5.74, 6) is 0. The summed E-state index contributed by atoms with van der Waals surface area (Å²) in [6, 6.07) is 9.36. The molecule has 1 aliphatic heterocycles. The summed E-state index contributed by atoms with van der Waals surface area (Å²) >= 11 is 0. The Morgan fingerprint density at radius 1 is 1.17 bits per heavy atom. The van der Waals surface area contributed by atoms with Gasteiger partial charge in [0.15, 0.2) is 0 Å². The Balaban J connectivity index is 1.34. The molecule has 24 heavy (non-hydrogen) atoms. The number of nitrogens with zero attached hydrogens (tertiary/aromatic N) is 3. The van der Waals surface area contributed by atoms with E-state index in [1.165, 1.54) is 66.5 Å². The monoisotopic (exact) mass is 320 g/mol. The number of imidazole rings is 1. The molecule has 1 saturated heterocycles. The molecule has 0 amide bonds. The molecule has 4 nitrogen and oxygen atoms in total. The largest absolute Gasteiger partial charge is 0.361 e. The van der Waals surface area contributed by atoms with E-state index in [2.05, 4.69) is 50.0 Å². The van der Waals surface area contributed by atoms with Gasteiger partial charge in [0.1, 0.15) is 0 Å². The van der Waals surface area contributed by atoms with Crippen LogP contribution in [0.25, 0.3) is 10.9 Å². The zero-order chi connectivity index (χ0) is 15.9. The molecule has 1 fully saturated rings. The molecule has 3 aromatic rings. The Labute approximate surface area is 142 Å². The fraction of sp³-hybridized carbons (Fsp3) is 0.450. The van der Waals surface area contributed by atoms with Crippen molar-refractivity contribution in [1.82, 2.24) is 19.4 Å². The highest BCUT2D eigenvalue weighted by Gasteiger charge is 2.27. The Morgan fingerprint density at radius 2 is 2.12 bits per heavy atom. The molecule has 124 valence electrons. The molecule has 0 unspecified atom stereocenters. The van der Waals surface area contributed by atoms with Crippen LogP contribution in [0.4, 0.5) is 0 Å². The molecule has 1 N–H and O–H groups in total. The van der Waals surface area contributed by atoms with Gasteiger partial charge in [-0.2, -0.15) is 0 Å². The number of hydrogen-bond acceptors (Lipinski definition) is 2. The summed E-state index contributed by atoms with van der Waals surface area (Å²) in [5.41, 5.74) is 5.57. The van der Waals surface area contributed by atoms with Crippen molar-refractivity contribution in [2.24, 2.45) is 0 Å². The molecule has 2 aliphatic rings. The van der Waals surface area contributed by atoms with Gasteiger partial charge in [0.2, 0.25) is 0 Å². The summed E-state index contributed by atoms with van der Waals surface area (Å²) in [7, 11) is 0. The Kier molecular flexibility index (Phi) is 3.44. The van der Waals surface area contributed by atoms with Crippen molar-refractivity contribution in [3.05, 3.63) is 53.7 Å². The van der Waals surface area contributed by atoms with Crippen LogP contribution < -0.4 is 0 Å². The highest BCUT2D eigenvalue weighted by atomic mass is 15.2. The molecule has 0 saturated carbocycles. The van der Waals surface area contributed by atoms with Crippen molar-refractivity contribution in [1.29, 1.82) is 0 Å². The second kappa shape index (κ2) is 5.78. The first-order chi connectivity index (χ1) is 11.9. The summed E-state index contributed by atoms with van der Waals surface area (Å²) in [6.07, 6.45) is 10.4. The normalized spacial score (nSPS) is 21.4. The van der Waals surface area contributed by atoms with Gasteiger partial charge in [0, 0.05) is 43.1 Å². The number of aromatic nitrogens is 3. The number of aryl methyl sites for hydroxylation is 1. The lowest BCUT2D eigenvalue weighted by molar-refractivity contribution is 0.315. The number of nitrogens with one attached hydrogen (secondary N) is 1. The van der Waals surface area contributed by atoms with E-state index in [0.717, 1.165) is 13.1 Å². The van der Waals surface area contributed by atoms with Gasteiger partial charge < -0.3 is 9.55 Å². The SMILES string of the molecule is c1cc(CN2CC[C@@H](n3cnc4c3CCCC4)C2)c2[nH]ccc2c1. The number of hydrogen-bond donors (Lipinski definition) is 1. The van der Waals surface area contributed by atoms with Gasteiger partial charge in [-0.1, -0.05) is 18.2 Å². The third kappa shape index (κ3) is 2.37. The number of rotatable bonds is 3. The first kappa shape index (κ1) is 14.3. The third-order valence-electron chi connectivity index (χ3n) is 5.77. The standard InChI is InChI=1S/C20H24N4/c1-2-7-19-18(6-1)22-14-24(19)17-9-11-23(13-17)12-16-5-3-4-15-8-10-21-20(15)16/h3-5,8,10,14,17,21H,1-2,6-7,9,11-13H2/t17-/m1/s1. The highest BCUT2D eigenvalue weighted by Crippen LogP contribution is 2.29. The molecular weight excluding hydrogens is 296 g/mol. The van der Waals surface area contributed by atoms with Gasteiger partial charge in [0.25, 0.3) is 0 Å². The predicted octanol–water partition coefficient (Wildman–Crippen LogP) is 3.69. The van der Waals surface area contributed by atoms with E-state index in [1.807, 2.05) is 6.20 Å². The number of H-pyrrole nitrogens is 1. The maximum Gasteiger partial charge on any atom is 0.0954 e. The van der Waals surface area contributed by atoms with Crippen molar-refractivity contribution in [3.8, 4) is 0 Å². The minimum absolute atomic E-state index is 0.599. The van der Waals surface area contributed by atoms with Crippen LogP contribution in [0.3, 0.4) is 0 Å². The first-order valence-electron chi connectivity index (χ1n) is 9.20. The van der Waals surface area contributed by atoms with E-state index in [1.54, 1.807) is 0 Å². The smallest absolute Gasteiger partial charge is 0.0954 e. The number of aromatic amines is 1. The zero-order valence-electron chi connectivity index (χ0n) is 14.0. The minimum atomic E-state index is 0.599. The van der Waals surface area contributed by atoms with Crippen LogP contribution >= 0.6 is 0 Å². The van der Waals surface area contributed by atoms with Crippen LogP contribution in [0.1, 0.15) is 42.3 Å². The van der Waals surface area contributed by atoms with Gasteiger partial charge in [-0.05, 0) is 49.1 Å². The maximum absolute atomic E-state index is 4.68. The molecule has 3 heterocycles.